The first kappa shape index (κ1) is 14.8. The minimum atomic E-state index is -3.02. The van der Waals surface area contributed by atoms with Gasteiger partial charge in [0.1, 0.15) is 0 Å². The molecule has 5 nitrogen and oxygen atoms in total. The van der Waals surface area contributed by atoms with Gasteiger partial charge < -0.3 is 5.73 Å². The molecule has 0 saturated carbocycles. The number of piperidine rings is 2. The van der Waals surface area contributed by atoms with Crippen LogP contribution in [0.3, 0.4) is 0 Å². The summed E-state index contributed by atoms with van der Waals surface area (Å²) in [6.07, 6.45) is 8.30. The Kier molecular flexibility index (Phi) is 4.10. The normalized spacial score (nSPS) is 40.1. The fraction of sp³-hybridized carbons (Fsp3) is 1.00. The Morgan fingerprint density at radius 1 is 1.15 bits per heavy atom. The molecule has 3 saturated heterocycles. The maximum atomic E-state index is 11.7. The molecule has 3 aliphatic rings. The lowest BCUT2D eigenvalue weighted by atomic mass is 9.93. The number of nitrogens with zero attached hydrogens (tertiary/aromatic N) is 2. The van der Waals surface area contributed by atoms with Crippen LogP contribution in [-0.2, 0) is 10.0 Å². The average Bonchev–Trinajstić information content (AvgIpc) is 2.61. The fourth-order valence-electron chi connectivity index (χ4n) is 4.39. The third kappa shape index (κ3) is 3.03. The second-order valence-electron chi connectivity index (χ2n) is 6.94. The summed E-state index contributed by atoms with van der Waals surface area (Å²) in [5.41, 5.74) is 6.12. The molecule has 0 aromatic heterocycles. The number of hydrogen-bond donors (Lipinski definition) is 1. The van der Waals surface area contributed by atoms with Crippen LogP contribution in [0.4, 0.5) is 0 Å². The summed E-state index contributed by atoms with van der Waals surface area (Å²) in [6, 6.07) is 1.68. The van der Waals surface area contributed by atoms with E-state index in [1.165, 1.54) is 19.1 Å². The van der Waals surface area contributed by atoms with Crippen molar-refractivity contribution < 1.29 is 8.42 Å². The first-order valence-corrected chi connectivity index (χ1v) is 9.75. The van der Waals surface area contributed by atoms with Gasteiger partial charge in [-0.15, -0.1) is 0 Å². The topological polar surface area (TPSA) is 66.6 Å². The van der Waals surface area contributed by atoms with Crippen LogP contribution >= 0.6 is 0 Å². The Hall–Kier alpha value is -0.170. The molecular weight excluding hydrogens is 274 g/mol. The number of rotatable bonds is 3. The first-order chi connectivity index (χ1) is 9.43. The van der Waals surface area contributed by atoms with Crippen LogP contribution in [0.1, 0.15) is 38.5 Å². The van der Waals surface area contributed by atoms with E-state index in [1.54, 1.807) is 4.31 Å². The van der Waals surface area contributed by atoms with E-state index in [0.29, 0.717) is 37.1 Å². The van der Waals surface area contributed by atoms with Crippen molar-refractivity contribution in [3.63, 3.8) is 0 Å². The molecule has 0 radical (unpaired) electrons. The standard InChI is InChI=1S/C14H27N3O2S/c1-20(18,19)16-6-2-3-11(9-16)10-17-13-4-5-14(17)8-12(15)7-13/h11-14H,2-10,15H2,1H3. The molecule has 6 heteroatoms. The summed E-state index contributed by atoms with van der Waals surface area (Å²) in [5.74, 6) is 0.496. The van der Waals surface area contributed by atoms with Gasteiger partial charge in [-0.3, -0.25) is 4.90 Å². The molecule has 3 fully saturated rings. The SMILES string of the molecule is CS(=O)(=O)N1CCCC(CN2C3CCC2CC(N)C3)C1. The van der Waals surface area contributed by atoms with Crippen molar-refractivity contribution in [1.29, 1.82) is 0 Å². The molecule has 0 spiro atoms. The van der Waals surface area contributed by atoms with Crippen molar-refractivity contribution in [2.24, 2.45) is 11.7 Å². The lowest BCUT2D eigenvalue weighted by molar-refractivity contribution is 0.0909. The smallest absolute Gasteiger partial charge is 0.211 e. The number of sulfonamides is 1. The second kappa shape index (κ2) is 5.55. The third-order valence-corrected chi connectivity index (χ3v) is 6.61. The predicted octanol–water partition coefficient (Wildman–Crippen LogP) is 0.612. The maximum Gasteiger partial charge on any atom is 0.211 e. The Balaban J connectivity index is 1.61. The number of fused-ring (bicyclic) bond motifs is 2. The zero-order valence-electron chi connectivity index (χ0n) is 12.4. The highest BCUT2D eigenvalue weighted by Crippen LogP contribution is 2.36. The Bertz CT molecular complexity index is 439. The molecule has 3 atom stereocenters. The largest absolute Gasteiger partial charge is 0.328 e. The summed E-state index contributed by atoms with van der Waals surface area (Å²) in [4.78, 5) is 2.64. The molecule has 2 bridgehead atoms. The van der Waals surface area contributed by atoms with E-state index in [2.05, 4.69) is 4.90 Å². The number of nitrogens with two attached hydrogens (primary N) is 1. The highest BCUT2D eigenvalue weighted by Gasteiger charge is 2.40. The minimum Gasteiger partial charge on any atom is -0.328 e. The molecule has 3 unspecified atom stereocenters. The van der Waals surface area contributed by atoms with Gasteiger partial charge in [0.15, 0.2) is 0 Å². The monoisotopic (exact) mass is 301 g/mol. The van der Waals surface area contributed by atoms with Crippen molar-refractivity contribution in [3.05, 3.63) is 0 Å². The van der Waals surface area contributed by atoms with Gasteiger partial charge in [-0.25, -0.2) is 12.7 Å². The third-order valence-electron chi connectivity index (χ3n) is 5.34. The number of hydrogen-bond acceptors (Lipinski definition) is 4. The quantitative estimate of drug-likeness (QED) is 0.829. The second-order valence-corrected chi connectivity index (χ2v) is 8.92. The van der Waals surface area contributed by atoms with Crippen molar-refractivity contribution in [1.82, 2.24) is 9.21 Å². The van der Waals surface area contributed by atoms with E-state index >= 15 is 0 Å². The van der Waals surface area contributed by atoms with Gasteiger partial charge in [0.05, 0.1) is 6.26 Å². The van der Waals surface area contributed by atoms with Crippen LogP contribution in [0.2, 0.25) is 0 Å². The van der Waals surface area contributed by atoms with E-state index in [1.807, 2.05) is 0 Å². The Labute approximate surface area is 122 Å². The predicted molar refractivity (Wildman–Crippen MR) is 79.9 cm³/mol. The van der Waals surface area contributed by atoms with Gasteiger partial charge in [0.2, 0.25) is 10.0 Å². The van der Waals surface area contributed by atoms with Crippen LogP contribution in [0.25, 0.3) is 0 Å². The van der Waals surface area contributed by atoms with E-state index in [9.17, 15) is 8.42 Å². The molecule has 0 aromatic carbocycles. The van der Waals surface area contributed by atoms with E-state index in [0.717, 1.165) is 32.2 Å². The first-order valence-electron chi connectivity index (χ1n) is 7.90. The molecule has 3 heterocycles. The van der Waals surface area contributed by atoms with Gasteiger partial charge in [-0.1, -0.05) is 0 Å². The molecule has 116 valence electrons. The highest BCUT2D eigenvalue weighted by molar-refractivity contribution is 7.88. The molecular formula is C14H27N3O2S. The van der Waals surface area contributed by atoms with Crippen LogP contribution in [0.5, 0.6) is 0 Å². The average molecular weight is 301 g/mol. The van der Waals surface area contributed by atoms with Crippen molar-refractivity contribution >= 4 is 10.0 Å². The lowest BCUT2D eigenvalue weighted by Gasteiger charge is -2.41. The van der Waals surface area contributed by atoms with Gasteiger partial charge in [0, 0.05) is 37.8 Å². The van der Waals surface area contributed by atoms with Crippen molar-refractivity contribution in [3.8, 4) is 0 Å². The summed E-state index contributed by atoms with van der Waals surface area (Å²) in [6.45, 7) is 2.47. The van der Waals surface area contributed by atoms with Gasteiger partial charge >= 0.3 is 0 Å². The Morgan fingerprint density at radius 3 is 2.40 bits per heavy atom. The van der Waals surface area contributed by atoms with Crippen LogP contribution < -0.4 is 5.73 Å². The Morgan fingerprint density at radius 2 is 1.80 bits per heavy atom. The molecule has 0 aliphatic carbocycles. The fourth-order valence-corrected chi connectivity index (χ4v) is 5.33. The summed E-state index contributed by atoms with van der Waals surface area (Å²) < 4.78 is 25.1. The van der Waals surface area contributed by atoms with Crippen LogP contribution in [-0.4, -0.2) is 61.6 Å². The van der Waals surface area contributed by atoms with Gasteiger partial charge in [-0.2, -0.15) is 0 Å². The molecule has 3 aliphatic heterocycles. The van der Waals surface area contributed by atoms with E-state index in [-0.39, 0.29) is 0 Å². The molecule has 0 amide bonds. The van der Waals surface area contributed by atoms with Crippen LogP contribution in [0, 0.1) is 5.92 Å². The minimum absolute atomic E-state index is 0.377. The van der Waals surface area contributed by atoms with Crippen LogP contribution in [0.15, 0.2) is 0 Å². The van der Waals surface area contributed by atoms with Crippen molar-refractivity contribution in [2.45, 2.75) is 56.7 Å². The van der Waals surface area contributed by atoms with E-state index < -0.39 is 10.0 Å². The summed E-state index contributed by atoms with van der Waals surface area (Å²) in [7, 11) is -3.02. The molecule has 2 N–H and O–H groups in total. The van der Waals surface area contributed by atoms with E-state index in [4.69, 9.17) is 5.73 Å². The summed E-state index contributed by atoms with van der Waals surface area (Å²) in [5, 5.41) is 0. The zero-order valence-corrected chi connectivity index (χ0v) is 13.2. The summed E-state index contributed by atoms with van der Waals surface area (Å²) >= 11 is 0. The van der Waals surface area contributed by atoms with Crippen molar-refractivity contribution in [2.75, 3.05) is 25.9 Å². The zero-order chi connectivity index (χ0) is 14.3. The molecule has 3 rings (SSSR count). The molecule has 20 heavy (non-hydrogen) atoms. The highest BCUT2D eigenvalue weighted by atomic mass is 32.2. The maximum absolute atomic E-state index is 11.7. The molecule has 0 aromatic rings. The van der Waals surface area contributed by atoms with Gasteiger partial charge in [0.25, 0.3) is 0 Å². The lowest BCUT2D eigenvalue weighted by Crippen LogP contribution is -2.51. The van der Waals surface area contributed by atoms with Gasteiger partial charge in [-0.05, 0) is 44.4 Å².